The third kappa shape index (κ3) is 5.62. The molecule has 2 aromatic carbocycles. The van der Waals surface area contributed by atoms with E-state index in [1.165, 1.54) is 12.1 Å². The fourth-order valence-electron chi connectivity index (χ4n) is 1.97. The Kier molecular flexibility index (Phi) is 5.96. The Morgan fingerprint density at radius 2 is 1.67 bits per heavy atom. The molecule has 2 rings (SSSR count). The highest BCUT2D eigenvalue weighted by Crippen LogP contribution is 2.30. The first kappa shape index (κ1) is 18.4. The van der Waals surface area contributed by atoms with E-state index < -0.39 is 17.6 Å². The molecule has 0 saturated carbocycles. The number of halogens is 5. The second-order valence-corrected chi connectivity index (χ2v) is 5.83. The molecule has 0 aliphatic rings. The van der Waals surface area contributed by atoms with Gasteiger partial charge in [0.05, 0.1) is 5.56 Å². The van der Waals surface area contributed by atoms with Crippen molar-refractivity contribution in [3.63, 3.8) is 0 Å². The lowest BCUT2D eigenvalue weighted by Gasteiger charge is -2.10. The summed E-state index contributed by atoms with van der Waals surface area (Å²) in [6.07, 6.45) is -4.38. The van der Waals surface area contributed by atoms with Gasteiger partial charge in [-0.05, 0) is 36.4 Å². The molecule has 3 nitrogen and oxygen atoms in total. The predicted molar refractivity (Wildman–Crippen MR) is 89.6 cm³/mol. The van der Waals surface area contributed by atoms with E-state index in [2.05, 4.69) is 10.6 Å². The van der Waals surface area contributed by atoms with Gasteiger partial charge in [-0.25, -0.2) is 0 Å². The van der Waals surface area contributed by atoms with Crippen molar-refractivity contribution in [3.8, 4) is 0 Å². The number of carbonyl (C=O) groups is 1. The van der Waals surface area contributed by atoms with Crippen LogP contribution in [0.3, 0.4) is 0 Å². The zero-order valence-corrected chi connectivity index (χ0v) is 13.8. The lowest BCUT2D eigenvalue weighted by molar-refractivity contribution is -0.137. The van der Waals surface area contributed by atoms with Gasteiger partial charge in [0, 0.05) is 34.4 Å². The minimum absolute atomic E-state index is 0.0698. The standard InChI is InChI=1S/C16H13Cl2F3N2O/c17-11-7-12(18)9-14(8-11)22-5-4-15(24)23-13-3-1-2-10(6-13)16(19,20)21/h1-3,6-9,22H,4-5H2,(H,23,24). The van der Waals surface area contributed by atoms with Crippen molar-refractivity contribution in [2.75, 3.05) is 17.2 Å². The van der Waals surface area contributed by atoms with Gasteiger partial charge in [-0.3, -0.25) is 4.79 Å². The van der Waals surface area contributed by atoms with Gasteiger partial charge in [0.15, 0.2) is 0 Å². The minimum Gasteiger partial charge on any atom is -0.384 e. The lowest BCUT2D eigenvalue weighted by Crippen LogP contribution is -2.16. The van der Waals surface area contributed by atoms with Crippen molar-refractivity contribution in [2.45, 2.75) is 12.6 Å². The van der Waals surface area contributed by atoms with Crippen LogP contribution in [0, 0.1) is 0 Å². The number of hydrogen-bond acceptors (Lipinski definition) is 2. The van der Waals surface area contributed by atoms with Crippen molar-refractivity contribution in [2.24, 2.45) is 0 Å². The Morgan fingerprint density at radius 1 is 1.00 bits per heavy atom. The zero-order valence-electron chi connectivity index (χ0n) is 12.3. The van der Waals surface area contributed by atoms with Crippen LogP contribution >= 0.6 is 23.2 Å². The number of nitrogens with one attached hydrogen (secondary N) is 2. The summed E-state index contributed by atoms with van der Waals surface area (Å²) >= 11 is 11.7. The average molecular weight is 377 g/mol. The number of carbonyl (C=O) groups excluding carboxylic acids is 1. The summed E-state index contributed by atoms with van der Waals surface area (Å²) in [6.45, 7) is 0.279. The zero-order chi connectivity index (χ0) is 17.7. The Balaban J connectivity index is 1.87. The van der Waals surface area contributed by atoms with Crippen molar-refractivity contribution in [1.82, 2.24) is 0 Å². The van der Waals surface area contributed by atoms with Crippen LogP contribution in [-0.2, 0) is 11.0 Å². The van der Waals surface area contributed by atoms with E-state index in [0.717, 1.165) is 12.1 Å². The molecule has 0 bridgehead atoms. The minimum atomic E-state index is -4.45. The third-order valence-electron chi connectivity index (χ3n) is 3.02. The van der Waals surface area contributed by atoms with Crippen molar-refractivity contribution >= 4 is 40.5 Å². The number of anilines is 2. The van der Waals surface area contributed by atoms with E-state index in [-0.39, 0.29) is 18.7 Å². The number of alkyl halides is 3. The smallest absolute Gasteiger partial charge is 0.384 e. The Labute approximate surface area is 146 Å². The first-order chi connectivity index (χ1) is 11.2. The summed E-state index contributed by atoms with van der Waals surface area (Å²) in [6, 6.07) is 9.36. The van der Waals surface area contributed by atoms with Gasteiger partial charge < -0.3 is 10.6 Å². The summed E-state index contributed by atoms with van der Waals surface area (Å²) in [4.78, 5) is 11.8. The number of rotatable bonds is 5. The number of amides is 1. The fourth-order valence-corrected chi connectivity index (χ4v) is 2.50. The van der Waals surface area contributed by atoms with Crippen LogP contribution in [0.2, 0.25) is 10.0 Å². The molecule has 0 heterocycles. The van der Waals surface area contributed by atoms with Crippen LogP contribution in [0.1, 0.15) is 12.0 Å². The van der Waals surface area contributed by atoms with Gasteiger partial charge in [-0.2, -0.15) is 13.2 Å². The van der Waals surface area contributed by atoms with Gasteiger partial charge >= 0.3 is 6.18 Å². The third-order valence-corrected chi connectivity index (χ3v) is 3.45. The van der Waals surface area contributed by atoms with Crippen LogP contribution in [-0.4, -0.2) is 12.5 Å². The van der Waals surface area contributed by atoms with Gasteiger partial charge in [0.2, 0.25) is 5.91 Å². The summed E-state index contributed by atoms with van der Waals surface area (Å²) < 4.78 is 37.8. The largest absolute Gasteiger partial charge is 0.416 e. The van der Waals surface area contributed by atoms with E-state index in [1.54, 1.807) is 18.2 Å². The van der Waals surface area contributed by atoms with E-state index in [9.17, 15) is 18.0 Å². The van der Waals surface area contributed by atoms with Crippen LogP contribution in [0.25, 0.3) is 0 Å². The quantitative estimate of drug-likeness (QED) is 0.727. The predicted octanol–water partition coefficient (Wildman–Crippen LogP) is 5.45. The molecule has 0 aromatic heterocycles. The maximum absolute atomic E-state index is 12.6. The van der Waals surface area contributed by atoms with Crippen LogP contribution < -0.4 is 10.6 Å². The first-order valence-electron chi connectivity index (χ1n) is 6.91. The molecule has 0 aliphatic heterocycles. The van der Waals surface area contributed by atoms with Gasteiger partial charge in [-0.1, -0.05) is 29.3 Å². The van der Waals surface area contributed by atoms with Crippen LogP contribution in [0.5, 0.6) is 0 Å². The number of benzene rings is 2. The maximum atomic E-state index is 12.6. The Hall–Kier alpha value is -1.92. The van der Waals surface area contributed by atoms with Crippen LogP contribution in [0.15, 0.2) is 42.5 Å². The van der Waals surface area contributed by atoms with Gasteiger partial charge in [0.1, 0.15) is 0 Å². The first-order valence-corrected chi connectivity index (χ1v) is 7.67. The Bertz CT molecular complexity index is 715. The van der Waals surface area contributed by atoms with Crippen molar-refractivity contribution < 1.29 is 18.0 Å². The lowest BCUT2D eigenvalue weighted by atomic mass is 10.2. The highest BCUT2D eigenvalue weighted by Gasteiger charge is 2.30. The fraction of sp³-hybridized carbons (Fsp3) is 0.188. The highest BCUT2D eigenvalue weighted by atomic mass is 35.5. The van der Waals surface area contributed by atoms with Gasteiger partial charge in [-0.15, -0.1) is 0 Å². The molecule has 0 atom stereocenters. The summed E-state index contributed by atoms with van der Waals surface area (Å²) in [5, 5.41) is 6.32. The molecule has 0 unspecified atom stereocenters. The molecule has 24 heavy (non-hydrogen) atoms. The van der Waals surface area contributed by atoms with Crippen molar-refractivity contribution in [1.29, 1.82) is 0 Å². The molecule has 0 fully saturated rings. The molecule has 8 heteroatoms. The molecule has 0 aliphatic carbocycles. The Morgan fingerprint density at radius 3 is 2.29 bits per heavy atom. The molecule has 2 aromatic rings. The van der Waals surface area contributed by atoms with E-state index in [1.807, 2.05) is 0 Å². The summed E-state index contributed by atoms with van der Waals surface area (Å²) in [5.74, 6) is -0.407. The molecular formula is C16H13Cl2F3N2O. The van der Waals surface area contributed by atoms with E-state index in [4.69, 9.17) is 23.2 Å². The molecule has 1 amide bonds. The topological polar surface area (TPSA) is 41.1 Å². The maximum Gasteiger partial charge on any atom is 0.416 e. The molecular weight excluding hydrogens is 364 g/mol. The SMILES string of the molecule is O=C(CCNc1cc(Cl)cc(Cl)c1)Nc1cccc(C(F)(F)F)c1. The van der Waals surface area contributed by atoms with Crippen LogP contribution in [0.4, 0.5) is 24.5 Å². The normalized spacial score (nSPS) is 11.2. The summed E-state index contributed by atoms with van der Waals surface area (Å²) in [7, 11) is 0. The monoisotopic (exact) mass is 376 g/mol. The van der Waals surface area contributed by atoms with E-state index in [0.29, 0.717) is 15.7 Å². The molecule has 128 valence electrons. The van der Waals surface area contributed by atoms with Crippen molar-refractivity contribution in [3.05, 3.63) is 58.1 Å². The molecule has 0 saturated heterocycles. The van der Waals surface area contributed by atoms with E-state index >= 15 is 0 Å². The second kappa shape index (κ2) is 7.77. The number of hydrogen-bond donors (Lipinski definition) is 2. The highest BCUT2D eigenvalue weighted by molar-refractivity contribution is 6.35. The molecule has 0 radical (unpaired) electrons. The average Bonchev–Trinajstić information content (AvgIpc) is 2.45. The molecule has 2 N–H and O–H groups in total. The second-order valence-electron chi connectivity index (χ2n) is 4.96. The molecule has 0 spiro atoms. The van der Waals surface area contributed by atoms with Gasteiger partial charge in [0.25, 0.3) is 0 Å². The summed E-state index contributed by atoms with van der Waals surface area (Å²) in [5.41, 5.74) is -0.0630.